The van der Waals surface area contributed by atoms with Gasteiger partial charge in [-0.05, 0) is 38.8 Å². The molecular weight excluding hydrogens is 228 g/mol. The van der Waals surface area contributed by atoms with E-state index >= 15 is 0 Å². The van der Waals surface area contributed by atoms with Crippen LogP contribution in [0, 0.1) is 0 Å². The van der Waals surface area contributed by atoms with E-state index in [-0.39, 0.29) is 0 Å². The summed E-state index contributed by atoms with van der Waals surface area (Å²) < 4.78 is 0. The second-order valence-electron chi connectivity index (χ2n) is 5.18. The molecule has 106 valence electrons. The zero-order valence-electron chi connectivity index (χ0n) is 11.8. The van der Waals surface area contributed by atoms with Gasteiger partial charge in [0, 0.05) is 12.6 Å². The molecule has 0 saturated carbocycles. The fourth-order valence-corrected chi connectivity index (χ4v) is 2.85. The van der Waals surface area contributed by atoms with Gasteiger partial charge in [-0.2, -0.15) is 0 Å². The van der Waals surface area contributed by atoms with Gasteiger partial charge in [0.15, 0.2) is 0 Å². The standard InChI is InChI=1S/C14H28N2O2/c1-3-12-8-6-5-7-10-16(12)11-9-13(14(17)18)15-4-2/h12-13,15H,3-11H2,1-2H3,(H,17,18). The van der Waals surface area contributed by atoms with Crippen LogP contribution < -0.4 is 5.32 Å². The summed E-state index contributed by atoms with van der Waals surface area (Å²) in [4.78, 5) is 13.6. The number of carboxylic acid groups (broad SMARTS) is 1. The summed E-state index contributed by atoms with van der Waals surface area (Å²) in [5.41, 5.74) is 0. The minimum Gasteiger partial charge on any atom is -0.480 e. The van der Waals surface area contributed by atoms with Crippen LogP contribution in [0.3, 0.4) is 0 Å². The highest BCUT2D eigenvalue weighted by atomic mass is 16.4. The topological polar surface area (TPSA) is 52.6 Å². The van der Waals surface area contributed by atoms with Crippen LogP contribution >= 0.6 is 0 Å². The third-order valence-electron chi connectivity index (χ3n) is 3.92. The van der Waals surface area contributed by atoms with Crippen LogP contribution in [0.1, 0.15) is 52.4 Å². The maximum atomic E-state index is 11.1. The molecule has 1 aliphatic heterocycles. The van der Waals surface area contributed by atoms with E-state index in [9.17, 15) is 4.79 Å². The Balaban J connectivity index is 2.44. The third-order valence-corrected chi connectivity index (χ3v) is 3.92. The van der Waals surface area contributed by atoms with Crippen LogP contribution in [-0.4, -0.2) is 47.7 Å². The highest BCUT2D eigenvalue weighted by Crippen LogP contribution is 2.19. The number of likely N-dealkylation sites (N-methyl/N-ethyl adjacent to an activating group) is 1. The van der Waals surface area contributed by atoms with E-state index in [0.717, 1.165) is 13.1 Å². The van der Waals surface area contributed by atoms with E-state index in [2.05, 4.69) is 17.1 Å². The smallest absolute Gasteiger partial charge is 0.320 e. The fourth-order valence-electron chi connectivity index (χ4n) is 2.85. The number of hydrogen-bond donors (Lipinski definition) is 2. The van der Waals surface area contributed by atoms with Crippen molar-refractivity contribution < 1.29 is 9.90 Å². The van der Waals surface area contributed by atoms with Gasteiger partial charge in [0.2, 0.25) is 0 Å². The molecule has 18 heavy (non-hydrogen) atoms. The van der Waals surface area contributed by atoms with Crippen molar-refractivity contribution in [2.75, 3.05) is 19.6 Å². The summed E-state index contributed by atoms with van der Waals surface area (Å²) >= 11 is 0. The number of nitrogens with one attached hydrogen (secondary N) is 1. The molecule has 0 amide bonds. The first kappa shape index (κ1) is 15.4. The van der Waals surface area contributed by atoms with Crippen LogP contribution in [0.15, 0.2) is 0 Å². The summed E-state index contributed by atoms with van der Waals surface area (Å²) in [6, 6.07) is 0.263. The lowest BCUT2D eigenvalue weighted by molar-refractivity contribution is -0.139. The summed E-state index contributed by atoms with van der Waals surface area (Å²) in [5.74, 6) is -0.722. The Hall–Kier alpha value is -0.610. The second kappa shape index (κ2) is 8.48. The molecule has 2 atom stereocenters. The van der Waals surface area contributed by atoms with E-state index in [1.807, 2.05) is 6.92 Å². The van der Waals surface area contributed by atoms with E-state index in [1.54, 1.807) is 0 Å². The van der Waals surface area contributed by atoms with Crippen molar-refractivity contribution >= 4 is 5.97 Å². The molecule has 1 fully saturated rings. The highest BCUT2D eigenvalue weighted by Gasteiger charge is 2.22. The molecule has 0 spiro atoms. The number of aliphatic carboxylic acids is 1. The highest BCUT2D eigenvalue weighted by molar-refractivity contribution is 5.73. The number of rotatable bonds is 7. The van der Waals surface area contributed by atoms with Gasteiger partial charge in [-0.25, -0.2) is 0 Å². The molecule has 0 bridgehead atoms. The number of hydrogen-bond acceptors (Lipinski definition) is 3. The lowest BCUT2D eigenvalue weighted by Gasteiger charge is -2.30. The molecule has 2 N–H and O–H groups in total. The van der Waals surface area contributed by atoms with E-state index in [0.29, 0.717) is 19.0 Å². The lowest BCUT2D eigenvalue weighted by Crippen LogP contribution is -2.42. The van der Waals surface area contributed by atoms with Crippen LogP contribution in [0.2, 0.25) is 0 Å². The number of likely N-dealkylation sites (tertiary alicyclic amines) is 1. The molecule has 0 aromatic carbocycles. The molecule has 1 rings (SSSR count). The summed E-state index contributed by atoms with van der Waals surface area (Å²) in [7, 11) is 0. The average molecular weight is 256 g/mol. The zero-order valence-corrected chi connectivity index (χ0v) is 11.8. The Labute approximate surface area is 111 Å². The minimum atomic E-state index is -0.722. The SMILES string of the molecule is CCNC(CCN1CCCCCC1CC)C(=O)O. The molecule has 4 heteroatoms. The van der Waals surface area contributed by atoms with Crippen molar-refractivity contribution in [3.63, 3.8) is 0 Å². The quantitative estimate of drug-likeness (QED) is 0.732. The monoisotopic (exact) mass is 256 g/mol. The van der Waals surface area contributed by atoms with Crippen molar-refractivity contribution in [2.24, 2.45) is 0 Å². The van der Waals surface area contributed by atoms with Crippen LogP contribution in [0.5, 0.6) is 0 Å². The molecular formula is C14H28N2O2. The third kappa shape index (κ3) is 4.94. The van der Waals surface area contributed by atoms with Crippen molar-refractivity contribution in [2.45, 2.75) is 64.5 Å². The Kier molecular flexibility index (Phi) is 7.28. The Morgan fingerprint density at radius 1 is 1.39 bits per heavy atom. The molecule has 1 saturated heterocycles. The Bertz CT molecular complexity index is 246. The first-order valence-corrected chi connectivity index (χ1v) is 7.39. The maximum absolute atomic E-state index is 11.1. The van der Waals surface area contributed by atoms with E-state index in [4.69, 9.17) is 5.11 Å². The molecule has 4 nitrogen and oxygen atoms in total. The minimum absolute atomic E-state index is 0.393. The second-order valence-corrected chi connectivity index (χ2v) is 5.18. The number of carbonyl (C=O) groups is 1. The average Bonchev–Trinajstić information content (AvgIpc) is 2.58. The zero-order chi connectivity index (χ0) is 13.4. The van der Waals surface area contributed by atoms with Gasteiger partial charge in [-0.15, -0.1) is 0 Å². The van der Waals surface area contributed by atoms with Crippen molar-refractivity contribution in [1.82, 2.24) is 10.2 Å². The van der Waals surface area contributed by atoms with Crippen LogP contribution in [-0.2, 0) is 4.79 Å². The van der Waals surface area contributed by atoms with Gasteiger partial charge in [0.25, 0.3) is 0 Å². The van der Waals surface area contributed by atoms with E-state index < -0.39 is 12.0 Å². The predicted octanol–water partition coefficient (Wildman–Crippen LogP) is 2.09. The molecule has 0 aromatic heterocycles. The fraction of sp³-hybridized carbons (Fsp3) is 0.929. The summed E-state index contributed by atoms with van der Waals surface area (Å²) in [6.45, 7) is 6.95. The van der Waals surface area contributed by atoms with E-state index in [1.165, 1.54) is 32.1 Å². The normalized spacial score (nSPS) is 23.6. The van der Waals surface area contributed by atoms with Gasteiger partial charge < -0.3 is 15.3 Å². The molecule has 0 aromatic rings. The predicted molar refractivity (Wildman–Crippen MR) is 73.8 cm³/mol. The van der Waals surface area contributed by atoms with Gasteiger partial charge >= 0.3 is 5.97 Å². The van der Waals surface area contributed by atoms with Crippen LogP contribution in [0.25, 0.3) is 0 Å². The molecule has 1 heterocycles. The first-order valence-electron chi connectivity index (χ1n) is 7.39. The molecule has 0 aliphatic carbocycles. The molecule has 1 aliphatic rings. The van der Waals surface area contributed by atoms with Gasteiger partial charge in [0.05, 0.1) is 0 Å². The largest absolute Gasteiger partial charge is 0.480 e. The summed E-state index contributed by atoms with van der Waals surface area (Å²) in [6.07, 6.45) is 7.07. The number of nitrogens with zero attached hydrogens (tertiary/aromatic N) is 1. The number of carboxylic acids is 1. The molecule has 2 unspecified atom stereocenters. The van der Waals surface area contributed by atoms with Crippen molar-refractivity contribution in [3.05, 3.63) is 0 Å². The Morgan fingerprint density at radius 2 is 2.17 bits per heavy atom. The van der Waals surface area contributed by atoms with Gasteiger partial charge in [-0.1, -0.05) is 26.7 Å². The summed E-state index contributed by atoms with van der Waals surface area (Å²) in [5, 5.41) is 12.2. The molecule has 0 radical (unpaired) electrons. The van der Waals surface area contributed by atoms with Crippen LogP contribution in [0.4, 0.5) is 0 Å². The lowest BCUT2D eigenvalue weighted by atomic mass is 10.1. The maximum Gasteiger partial charge on any atom is 0.320 e. The van der Waals surface area contributed by atoms with Crippen molar-refractivity contribution in [1.29, 1.82) is 0 Å². The van der Waals surface area contributed by atoms with Gasteiger partial charge in [0.1, 0.15) is 6.04 Å². The Morgan fingerprint density at radius 3 is 2.78 bits per heavy atom. The van der Waals surface area contributed by atoms with Crippen molar-refractivity contribution in [3.8, 4) is 0 Å². The first-order chi connectivity index (χ1) is 8.69. The van der Waals surface area contributed by atoms with Gasteiger partial charge in [-0.3, -0.25) is 4.79 Å².